The monoisotopic (exact) mass is 331 g/mol. The molecule has 1 aromatic heterocycles. The number of halogens is 2. The summed E-state index contributed by atoms with van der Waals surface area (Å²) in [6.07, 6.45) is 3.13. The smallest absolute Gasteiger partial charge is 0.304 e. The summed E-state index contributed by atoms with van der Waals surface area (Å²) in [6.45, 7) is 0.839. The van der Waals surface area contributed by atoms with Crippen molar-refractivity contribution < 1.29 is 14.7 Å². The molecule has 6 nitrogen and oxygen atoms in total. The second kappa shape index (κ2) is 7.06. The summed E-state index contributed by atoms with van der Waals surface area (Å²) in [7, 11) is 0. The van der Waals surface area contributed by atoms with Gasteiger partial charge in [0.2, 0.25) is 5.91 Å². The van der Waals surface area contributed by atoms with E-state index in [1.54, 1.807) is 0 Å². The number of nitrogens with zero attached hydrogens (tertiary/aromatic N) is 2. The Balaban J connectivity index is 1.93. The third-order valence-corrected chi connectivity index (χ3v) is 3.82. The third-order valence-electron chi connectivity index (χ3n) is 3.32. The zero-order valence-corrected chi connectivity index (χ0v) is 12.7. The van der Waals surface area contributed by atoms with Crippen molar-refractivity contribution in [1.82, 2.24) is 9.88 Å². The molecule has 1 fully saturated rings. The van der Waals surface area contributed by atoms with E-state index >= 15 is 0 Å². The molecule has 8 heteroatoms. The van der Waals surface area contributed by atoms with Gasteiger partial charge in [-0.15, -0.1) is 0 Å². The number of carboxylic acids is 1. The standard InChI is InChI=1S/C13H15Cl2N3O3/c14-8-4-10(15)13(16-6-8)17-11(19)7-18-3-1-2-9(18)5-12(20)21/h4,6,9H,1-3,5,7H2,(H,20,21)(H,16,17,19). The number of carbonyl (C=O) groups excluding carboxylic acids is 1. The fourth-order valence-corrected chi connectivity index (χ4v) is 2.83. The summed E-state index contributed by atoms with van der Waals surface area (Å²) in [4.78, 5) is 28.6. The number of anilines is 1. The number of hydrogen-bond donors (Lipinski definition) is 2. The number of amides is 1. The van der Waals surface area contributed by atoms with Gasteiger partial charge in [0, 0.05) is 12.2 Å². The van der Waals surface area contributed by atoms with Crippen molar-refractivity contribution in [2.24, 2.45) is 0 Å². The zero-order chi connectivity index (χ0) is 15.4. The van der Waals surface area contributed by atoms with Gasteiger partial charge in [-0.05, 0) is 25.5 Å². The molecule has 0 aromatic carbocycles. The molecule has 0 spiro atoms. The first-order valence-electron chi connectivity index (χ1n) is 6.52. The number of hydrogen-bond acceptors (Lipinski definition) is 4. The van der Waals surface area contributed by atoms with Crippen molar-refractivity contribution in [3.63, 3.8) is 0 Å². The van der Waals surface area contributed by atoms with E-state index in [1.165, 1.54) is 12.3 Å². The van der Waals surface area contributed by atoms with Gasteiger partial charge in [0.25, 0.3) is 0 Å². The van der Waals surface area contributed by atoms with E-state index in [9.17, 15) is 9.59 Å². The van der Waals surface area contributed by atoms with Crippen LogP contribution in [-0.2, 0) is 9.59 Å². The lowest BCUT2D eigenvalue weighted by molar-refractivity contribution is -0.138. The largest absolute Gasteiger partial charge is 0.481 e. The summed E-state index contributed by atoms with van der Waals surface area (Å²) >= 11 is 11.7. The van der Waals surface area contributed by atoms with E-state index in [0.29, 0.717) is 11.6 Å². The summed E-state index contributed by atoms with van der Waals surface area (Å²) in [5.41, 5.74) is 0. The third kappa shape index (κ3) is 4.56. The van der Waals surface area contributed by atoms with Crippen LogP contribution in [0, 0.1) is 0 Å². The summed E-state index contributed by atoms with van der Waals surface area (Å²) in [5.74, 6) is -0.876. The van der Waals surface area contributed by atoms with Crippen LogP contribution < -0.4 is 5.32 Å². The predicted octanol–water partition coefficient (Wildman–Crippen LogP) is 2.27. The number of pyridine rings is 1. The zero-order valence-electron chi connectivity index (χ0n) is 11.2. The first-order chi connectivity index (χ1) is 9.95. The Morgan fingerprint density at radius 1 is 1.48 bits per heavy atom. The van der Waals surface area contributed by atoms with E-state index in [-0.39, 0.29) is 35.8 Å². The summed E-state index contributed by atoms with van der Waals surface area (Å²) in [6, 6.07) is 1.40. The maximum atomic E-state index is 12.0. The molecule has 0 saturated carbocycles. The number of likely N-dealkylation sites (tertiary alicyclic amines) is 1. The molecule has 1 aliphatic heterocycles. The molecular formula is C13H15Cl2N3O3. The van der Waals surface area contributed by atoms with Crippen molar-refractivity contribution in [2.45, 2.75) is 25.3 Å². The Hall–Kier alpha value is -1.37. The van der Waals surface area contributed by atoms with Crippen LogP contribution in [0.25, 0.3) is 0 Å². The molecule has 114 valence electrons. The van der Waals surface area contributed by atoms with Crippen molar-refractivity contribution in [2.75, 3.05) is 18.4 Å². The van der Waals surface area contributed by atoms with Crippen LogP contribution in [0.5, 0.6) is 0 Å². The van der Waals surface area contributed by atoms with Gasteiger partial charge >= 0.3 is 5.97 Å². The molecule has 1 aromatic rings. The summed E-state index contributed by atoms with van der Waals surface area (Å²) in [5, 5.41) is 12.1. The van der Waals surface area contributed by atoms with E-state index in [0.717, 1.165) is 12.8 Å². The van der Waals surface area contributed by atoms with Crippen LogP contribution in [0.1, 0.15) is 19.3 Å². The molecule has 1 atom stereocenters. The van der Waals surface area contributed by atoms with Crippen molar-refractivity contribution in [3.05, 3.63) is 22.3 Å². The van der Waals surface area contributed by atoms with Gasteiger partial charge in [-0.3, -0.25) is 14.5 Å². The Labute approximate surface area is 132 Å². The maximum Gasteiger partial charge on any atom is 0.304 e. The Bertz CT molecular complexity index is 553. The number of rotatable bonds is 5. The fraction of sp³-hybridized carbons (Fsp3) is 0.462. The highest BCUT2D eigenvalue weighted by Crippen LogP contribution is 2.23. The molecule has 1 unspecified atom stereocenters. The maximum absolute atomic E-state index is 12.0. The molecule has 2 N–H and O–H groups in total. The highest BCUT2D eigenvalue weighted by molar-refractivity contribution is 6.36. The van der Waals surface area contributed by atoms with E-state index in [2.05, 4.69) is 10.3 Å². The van der Waals surface area contributed by atoms with Crippen molar-refractivity contribution in [1.29, 1.82) is 0 Å². The van der Waals surface area contributed by atoms with Crippen LogP contribution in [0.15, 0.2) is 12.3 Å². The highest BCUT2D eigenvalue weighted by atomic mass is 35.5. The van der Waals surface area contributed by atoms with Gasteiger partial charge in [0.15, 0.2) is 5.82 Å². The molecule has 0 radical (unpaired) electrons. The molecule has 2 rings (SSSR count). The van der Waals surface area contributed by atoms with E-state index < -0.39 is 5.97 Å². The van der Waals surface area contributed by atoms with Crippen LogP contribution in [0.4, 0.5) is 5.82 Å². The minimum atomic E-state index is -0.852. The number of aromatic nitrogens is 1. The van der Waals surface area contributed by atoms with Gasteiger partial charge < -0.3 is 10.4 Å². The van der Waals surface area contributed by atoms with Crippen molar-refractivity contribution >= 4 is 40.9 Å². The predicted molar refractivity (Wildman–Crippen MR) is 79.7 cm³/mol. The van der Waals surface area contributed by atoms with Crippen LogP contribution in [0.3, 0.4) is 0 Å². The van der Waals surface area contributed by atoms with Crippen LogP contribution in [0.2, 0.25) is 10.0 Å². The van der Waals surface area contributed by atoms with Gasteiger partial charge in [-0.25, -0.2) is 4.98 Å². The average Bonchev–Trinajstić information content (AvgIpc) is 2.79. The van der Waals surface area contributed by atoms with Gasteiger partial charge in [-0.2, -0.15) is 0 Å². The molecular weight excluding hydrogens is 317 g/mol. The van der Waals surface area contributed by atoms with Gasteiger partial charge in [0.05, 0.1) is 23.0 Å². The Morgan fingerprint density at radius 2 is 2.24 bits per heavy atom. The first kappa shape index (κ1) is 16.0. The second-order valence-corrected chi connectivity index (χ2v) is 5.74. The first-order valence-corrected chi connectivity index (χ1v) is 7.28. The van der Waals surface area contributed by atoms with Gasteiger partial charge in [0.1, 0.15) is 0 Å². The lowest BCUT2D eigenvalue weighted by atomic mass is 10.1. The quantitative estimate of drug-likeness (QED) is 0.864. The molecule has 0 aliphatic carbocycles. The number of carboxylic acid groups (broad SMARTS) is 1. The highest BCUT2D eigenvalue weighted by Gasteiger charge is 2.28. The minimum absolute atomic E-state index is 0.0488. The molecule has 0 bridgehead atoms. The van der Waals surface area contributed by atoms with E-state index in [1.807, 2.05) is 4.90 Å². The van der Waals surface area contributed by atoms with Gasteiger partial charge in [-0.1, -0.05) is 23.2 Å². The number of nitrogens with one attached hydrogen (secondary N) is 1. The van der Waals surface area contributed by atoms with Crippen molar-refractivity contribution in [3.8, 4) is 0 Å². The Kier molecular flexibility index (Phi) is 5.39. The van der Waals surface area contributed by atoms with Crippen LogP contribution in [-0.4, -0.2) is 46.0 Å². The molecule has 1 aliphatic rings. The number of carbonyl (C=O) groups is 2. The minimum Gasteiger partial charge on any atom is -0.481 e. The summed E-state index contributed by atoms with van der Waals surface area (Å²) < 4.78 is 0. The molecule has 1 saturated heterocycles. The molecule has 21 heavy (non-hydrogen) atoms. The fourth-order valence-electron chi connectivity index (χ4n) is 2.40. The lowest BCUT2D eigenvalue weighted by Crippen LogP contribution is -2.38. The average molecular weight is 332 g/mol. The molecule has 2 heterocycles. The topological polar surface area (TPSA) is 82.5 Å². The second-order valence-electron chi connectivity index (χ2n) is 4.90. The lowest BCUT2D eigenvalue weighted by Gasteiger charge is -2.22. The van der Waals surface area contributed by atoms with Crippen LogP contribution >= 0.6 is 23.2 Å². The SMILES string of the molecule is O=C(O)CC1CCCN1CC(=O)Nc1ncc(Cl)cc1Cl. The molecule has 1 amide bonds. The van der Waals surface area contributed by atoms with E-state index in [4.69, 9.17) is 28.3 Å². The normalized spacial score (nSPS) is 18.7. The number of aliphatic carboxylic acids is 1. The Morgan fingerprint density at radius 3 is 2.90 bits per heavy atom.